The number of nitrogens with zero attached hydrogens (tertiary/aromatic N) is 1. The topological polar surface area (TPSA) is 82.8 Å². The second-order valence-electron chi connectivity index (χ2n) is 6.87. The molecule has 1 atom stereocenters. The lowest BCUT2D eigenvalue weighted by Gasteiger charge is -2.35. The van der Waals surface area contributed by atoms with Gasteiger partial charge in [-0.1, -0.05) is 6.07 Å². The molecule has 3 rings (SSSR count). The van der Waals surface area contributed by atoms with Crippen LogP contribution in [0, 0.1) is 0 Å². The van der Waals surface area contributed by atoms with Gasteiger partial charge >= 0.3 is 0 Å². The van der Waals surface area contributed by atoms with Crippen molar-refractivity contribution in [3.63, 3.8) is 0 Å². The summed E-state index contributed by atoms with van der Waals surface area (Å²) in [6.45, 7) is 4.81. The van der Waals surface area contributed by atoms with Crippen LogP contribution < -0.4 is 14.8 Å². The molecule has 0 spiro atoms. The van der Waals surface area contributed by atoms with Gasteiger partial charge < -0.3 is 23.9 Å². The van der Waals surface area contributed by atoms with E-state index in [-0.39, 0.29) is 29.9 Å². The maximum atomic E-state index is 12.4. The molecule has 1 N–H and O–H groups in total. The Morgan fingerprint density at radius 1 is 1.38 bits per heavy atom. The standard InChI is InChI=1S/C19H24N2O5/c1-19(2)10-13(7-8-26-19)20-18(22)16-11-25-17(21-16)12-24-15-6-4-5-14(9-15)23-3/h4-6,9,11,13H,7-8,10,12H2,1-3H3,(H,20,22)/t13-/m1/s1. The molecule has 2 aromatic rings. The predicted molar refractivity (Wildman–Crippen MR) is 94.3 cm³/mol. The molecule has 1 amide bonds. The number of amides is 1. The monoisotopic (exact) mass is 360 g/mol. The lowest BCUT2D eigenvalue weighted by Crippen LogP contribution is -2.45. The molecule has 0 saturated carbocycles. The highest BCUT2D eigenvalue weighted by Gasteiger charge is 2.30. The molecule has 1 fully saturated rings. The summed E-state index contributed by atoms with van der Waals surface area (Å²) in [5.74, 6) is 1.43. The summed E-state index contributed by atoms with van der Waals surface area (Å²) in [6.07, 6.45) is 2.91. The van der Waals surface area contributed by atoms with Crippen LogP contribution in [0.3, 0.4) is 0 Å². The van der Waals surface area contributed by atoms with Crippen LogP contribution in [0.25, 0.3) is 0 Å². The number of hydrogen-bond acceptors (Lipinski definition) is 6. The molecule has 1 aliphatic heterocycles. The lowest BCUT2D eigenvalue weighted by molar-refractivity contribution is -0.0615. The van der Waals surface area contributed by atoms with Crippen LogP contribution in [0.5, 0.6) is 11.5 Å². The fraction of sp³-hybridized carbons (Fsp3) is 0.474. The molecule has 1 aromatic heterocycles. The minimum Gasteiger partial charge on any atom is -0.497 e. The van der Waals surface area contributed by atoms with Gasteiger partial charge in [0, 0.05) is 18.7 Å². The number of oxazole rings is 1. The normalized spacial score (nSPS) is 19.0. The third-order valence-electron chi connectivity index (χ3n) is 4.22. The summed E-state index contributed by atoms with van der Waals surface area (Å²) in [7, 11) is 1.59. The van der Waals surface area contributed by atoms with Crippen molar-refractivity contribution in [2.45, 2.75) is 44.9 Å². The molecule has 1 aromatic carbocycles. The average molecular weight is 360 g/mol. The number of aromatic nitrogens is 1. The van der Waals surface area contributed by atoms with E-state index in [1.54, 1.807) is 13.2 Å². The zero-order valence-electron chi connectivity index (χ0n) is 15.3. The number of ether oxygens (including phenoxy) is 3. The molecule has 0 bridgehead atoms. The van der Waals surface area contributed by atoms with Crippen molar-refractivity contribution in [1.82, 2.24) is 10.3 Å². The van der Waals surface area contributed by atoms with E-state index in [0.29, 0.717) is 24.0 Å². The second kappa shape index (κ2) is 7.78. The van der Waals surface area contributed by atoms with Crippen LogP contribution in [0.1, 0.15) is 43.1 Å². The summed E-state index contributed by atoms with van der Waals surface area (Å²) < 4.78 is 21.8. The van der Waals surface area contributed by atoms with Crippen molar-refractivity contribution in [3.05, 3.63) is 42.1 Å². The van der Waals surface area contributed by atoms with Crippen molar-refractivity contribution in [2.75, 3.05) is 13.7 Å². The number of rotatable bonds is 6. The maximum absolute atomic E-state index is 12.4. The highest BCUT2D eigenvalue weighted by molar-refractivity contribution is 5.92. The van der Waals surface area contributed by atoms with E-state index in [9.17, 15) is 4.79 Å². The van der Waals surface area contributed by atoms with Gasteiger partial charge in [-0.25, -0.2) is 4.98 Å². The molecular weight excluding hydrogens is 336 g/mol. The van der Waals surface area contributed by atoms with Gasteiger partial charge in [-0.3, -0.25) is 4.79 Å². The second-order valence-corrected chi connectivity index (χ2v) is 6.87. The summed E-state index contributed by atoms with van der Waals surface area (Å²) in [4.78, 5) is 16.6. The summed E-state index contributed by atoms with van der Waals surface area (Å²) in [6, 6.07) is 7.31. The van der Waals surface area contributed by atoms with E-state index in [2.05, 4.69) is 10.3 Å². The fourth-order valence-corrected chi connectivity index (χ4v) is 2.93. The molecule has 2 heterocycles. The maximum Gasteiger partial charge on any atom is 0.273 e. The largest absolute Gasteiger partial charge is 0.497 e. The number of nitrogens with one attached hydrogen (secondary N) is 1. The molecular formula is C19H24N2O5. The molecule has 26 heavy (non-hydrogen) atoms. The Morgan fingerprint density at radius 2 is 2.19 bits per heavy atom. The first-order valence-electron chi connectivity index (χ1n) is 8.61. The zero-order chi connectivity index (χ0) is 18.6. The number of carbonyl (C=O) groups is 1. The zero-order valence-corrected chi connectivity index (χ0v) is 15.3. The summed E-state index contributed by atoms with van der Waals surface area (Å²) in [5.41, 5.74) is 0.0222. The molecule has 140 valence electrons. The Kier molecular flexibility index (Phi) is 5.46. The molecule has 1 aliphatic rings. The first-order valence-corrected chi connectivity index (χ1v) is 8.61. The smallest absolute Gasteiger partial charge is 0.273 e. The predicted octanol–water partition coefficient (Wildman–Crippen LogP) is 2.95. The van der Waals surface area contributed by atoms with E-state index >= 15 is 0 Å². The van der Waals surface area contributed by atoms with Crippen molar-refractivity contribution in [1.29, 1.82) is 0 Å². The number of hydrogen-bond donors (Lipinski definition) is 1. The van der Waals surface area contributed by atoms with Gasteiger partial charge in [0.15, 0.2) is 12.3 Å². The highest BCUT2D eigenvalue weighted by atomic mass is 16.5. The highest BCUT2D eigenvalue weighted by Crippen LogP contribution is 2.24. The van der Waals surface area contributed by atoms with Crippen molar-refractivity contribution in [2.24, 2.45) is 0 Å². The minimum absolute atomic E-state index is 0.0689. The quantitative estimate of drug-likeness (QED) is 0.853. The minimum atomic E-state index is -0.246. The van der Waals surface area contributed by atoms with E-state index in [4.69, 9.17) is 18.6 Å². The summed E-state index contributed by atoms with van der Waals surface area (Å²) in [5, 5.41) is 2.99. The van der Waals surface area contributed by atoms with E-state index in [0.717, 1.165) is 12.8 Å². The van der Waals surface area contributed by atoms with Gasteiger partial charge in [-0.05, 0) is 38.8 Å². The first kappa shape index (κ1) is 18.3. The van der Waals surface area contributed by atoms with Gasteiger partial charge in [0.1, 0.15) is 17.8 Å². The SMILES string of the molecule is COc1cccc(OCc2nc(C(=O)N[C@@H]3CCOC(C)(C)C3)co2)c1. The third kappa shape index (κ3) is 4.76. The molecule has 1 saturated heterocycles. The Balaban J connectivity index is 1.54. The van der Waals surface area contributed by atoms with E-state index in [1.165, 1.54) is 6.26 Å². The fourth-order valence-electron chi connectivity index (χ4n) is 2.93. The van der Waals surface area contributed by atoms with Crippen LogP contribution in [0.2, 0.25) is 0 Å². The summed E-state index contributed by atoms with van der Waals surface area (Å²) >= 11 is 0. The van der Waals surface area contributed by atoms with E-state index < -0.39 is 0 Å². The van der Waals surface area contributed by atoms with Crippen molar-refractivity contribution in [3.8, 4) is 11.5 Å². The van der Waals surface area contributed by atoms with Gasteiger partial charge in [-0.15, -0.1) is 0 Å². The van der Waals surface area contributed by atoms with Crippen molar-refractivity contribution >= 4 is 5.91 Å². The third-order valence-corrected chi connectivity index (χ3v) is 4.22. The van der Waals surface area contributed by atoms with Crippen LogP contribution in [-0.4, -0.2) is 36.3 Å². The van der Waals surface area contributed by atoms with Crippen molar-refractivity contribution < 1.29 is 23.4 Å². The molecule has 0 aliphatic carbocycles. The Bertz CT molecular complexity index is 756. The number of benzene rings is 1. The lowest BCUT2D eigenvalue weighted by atomic mass is 9.94. The van der Waals surface area contributed by atoms with Crippen LogP contribution in [0.4, 0.5) is 0 Å². The number of methoxy groups -OCH3 is 1. The molecule has 0 unspecified atom stereocenters. The molecule has 7 nitrogen and oxygen atoms in total. The van der Waals surface area contributed by atoms with Gasteiger partial charge in [0.25, 0.3) is 5.91 Å². The van der Waals surface area contributed by atoms with Gasteiger partial charge in [-0.2, -0.15) is 0 Å². The van der Waals surface area contributed by atoms with Crippen LogP contribution >= 0.6 is 0 Å². The molecule has 0 radical (unpaired) electrons. The Hall–Kier alpha value is -2.54. The Labute approximate surface area is 152 Å². The van der Waals surface area contributed by atoms with Gasteiger partial charge in [0.2, 0.25) is 5.89 Å². The Morgan fingerprint density at radius 3 is 2.96 bits per heavy atom. The van der Waals surface area contributed by atoms with E-state index in [1.807, 2.05) is 32.0 Å². The molecule has 7 heteroatoms. The first-order chi connectivity index (χ1) is 12.4. The van der Waals surface area contributed by atoms with Crippen LogP contribution in [0.15, 0.2) is 34.9 Å². The van der Waals surface area contributed by atoms with Gasteiger partial charge in [0.05, 0.1) is 12.7 Å². The van der Waals surface area contributed by atoms with Crippen LogP contribution in [-0.2, 0) is 11.3 Å². The number of carbonyl (C=O) groups excluding carboxylic acids is 1. The average Bonchev–Trinajstić information content (AvgIpc) is 3.08.